The van der Waals surface area contributed by atoms with Crippen molar-refractivity contribution in [3.8, 4) is 0 Å². The van der Waals surface area contributed by atoms with Crippen LogP contribution in [0.15, 0.2) is 12.4 Å². The summed E-state index contributed by atoms with van der Waals surface area (Å²) in [6.45, 7) is 5.18. The summed E-state index contributed by atoms with van der Waals surface area (Å²) in [6, 6.07) is 1.99. The molecule has 1 aromatic heterocycles. The highest BCUT2D eigenvalue weighted by molar-refractivity contribution is 5.48. The lowest BCUT2D eigenvalue weighted by molar-refractivity contribution is 0.269. The fraction of sp³-hybridized carbons (Fsp3) is 0.667. The molecule has 1 aliphatic carbocycles. The van der Waals surface area contributed by atoms with Gasteiger partial charge in [-0.1, -0.05) is 6.92 Å². The Balaban J connectivity index is 2.05. The Morgan fingerprint density at radius 2 is 2.00 bits per heavy atom. The second kappa shape index (κ2) is 4.68. The van der Waals surface area contributed by atoms with Crippen LogP contribution in [-0.4, -0.2) is 22.1 Å². The van der Waals surface area contributed by atoms with Gasteiger partial charge >= 0.3 is 0 Å². The van der Waals surface area contributed by atoms with Crippen LogP contribution in [0.2, 0.25) is 0 Å². The van der Waals surface area contributed by atoms with E-state index in [4.69, 9.17) is 0 Å². The lowest BCUT2D eigenvalue weighted by Gasteiger charge is -2.42. The summed E-state index contributed by atoms with van der Waals surface area (Å²) in [5.41, 5.74) is 0.290. The van der Waals surface area contributed by atoms with Crippen LogP contribution in [0, 0.1) is 0 Å². The van der Waals surface area contributed by atoms with E-state index in [9.17, 15) is 0 Å². The second-order valence-electron chi connectivity index (χ2n) is 4.43. The number of rotatable bonds is 5. The molecule has 1 aliphatic rings. The molecule has 0 radical (unpaired) electrons. The van der Waals surface area contributed by atoms with Crippen LogP contribution < -0.4 is 10.6 Å². The van der Waals surface area contributed by atoms with E-state index >= 15 is 0 Å². The Bertz CT molecular complexity index is 341. The zero-order chi connectivity index (χ0) is 11.4. The van der Waals surface area contributed by atoms with E-state index < -0.39 is 0 Å². The molecule has 88 valence electrons. The van der Waals surface area contributed by atoms with Crippen molar-refractivity contribution >= 4 is 11.6 Å². The first-order valence-electron chi connectivity index (χ1n) is 6.12. The van der Waals surface area contributed by atoms with Gasteiger partial charge in [-0.05, 0) is 32.6 Å². The maximum absolute atomic E-state index is 4.27. The van der Waals surface area contributed by atoms with Crippen LogP contribution in [-0.2, 0) is 0 Å². The highest BCUT2D eigenvalue weighted by atomic mass is 15.1. The predicted molar refractivity (Wildman–Crippen MR) is 66.7 cm³/mol. The maximum Gasteiger partial charge on any atom is 0.131 e. The Labute approximate surface area is 96.9 Å². The van der Waals surface area contributed by atoms with Gasteiger partial charge in [0.25, 0.3) is 0 Å². The van der Waals surface area contributed by atoms with Gasteiger partial charge in [0, 0.05) is 18.2 Å². The van der Waals surface area contributed by atoms with Gasteiger partial charge < -0.3 is 10.6 Å². The summed E-state index contributed by atoms with van der Waals surface area (Å²) in [7, 11) is 0. The van der Waals surface area contributed by atoms with Gasteiger partial charge in [0.1, 0.15) is 18.0 Å². The van der Waals surface area contributed by atoms with Crippen molar-refractivity contribution < 1.29 is 0 Å². The molecule has 2 N–H and O–H groups in total. The molecule has 0 aromatic carbocycles. The molecule has 0 spiro atoms. The lowest BCUT2D eigenvalue weighted by atomic mass is 9.75. The number of anilines is 2. The van der Waals surface area contributed by atoms with Crippen molar-refractivity contribution in [1.82, 2.24) is 9.97 Å². The molecular weight excluding hydrogens is 200 g/mol. The van der Waals surface area contributed by atoms with Crippen LogP contribution in [0.5, 0.6) is 0 Å². The first-order chi connectivity index (χ1) is 7.78. The van der Waals surface area contributed by atoms with Crippen molar-refractivity contribution in [2.45, 2.75) is 45.1 Å². The predicted octanol–water partition coefficient (Wildman–Crippen LogP) is 2.65. The lowest BCUT2D eigenvalue weighted by Crippen LogP contribution is -2.44. The smallest absolute Gasteiger partial charge is 0.131 e. The van der Waals surface area contributed by atoms with Gasteiger partial charge in [0.15, 0.2) is 0 Å². The van der Waals surface area contributed by atoms with E-state index in [1.165, 1.54) is 19.3 Å². The third kappa shape index (κ3) is 2.26. The van der Waals surface area contributed by atoms with E-state index in [2.05, 4.69) is 34.4 Å². The Morgan fingerprint density at radius 3 is 2.56 bits per heavy atom. The van der Waals surface area contributed by atoms with Crippen LogP contribution in [0.25, 0.3) is 0 Å². The normalized spacial score (nSPS) is 17.6. The summed E-state index contributed by atoms with van der Waals surface area (Å²) in [4.78, 5) is 8.44. The average molecular weight is 220 g/mol. The van der Waals surface area contributed by atoms with Crippen LogP contribution in [0.4, 0.5) is 11.6 Å². The highest BCUT2D eigenvalue weighted by Gasteiger charge is 2.35. The van der Waals surface area contributed by atoms with Crippen molar-refractivity contribution in [2.75, 3.05) is 17.2 Å². The van der Waals surface area contributed by atoms with Crippen molar-refractivity contribution in [1.29, 1.82) is 0 Å². The van der Waals surface area contributed by atoms with E-state index in [0.29, 0.717) is 0 Å². The van der Waals surface area contributed by atoms with Crippen LogP contribution in [0.3, 0.4) is 0 Å². The maximum atomic E-state index is 4.27. The number of nitrogens with one attached hydrogen (secondary N) is 2. The van der Waals surface area contributed by atoms with Crippen LogP contribution in [0.1, 0.15) is 39.5 Å². The molecule has 2 rings (SSSR count). The van der Waals surface area contributed by atoms with E-state index in [-0.39, 0.29) is 5.54 Å². The SMILES string of the molecule is CCNc1cc(NC2(CC)CCC2)ncn1. The minimum Gasteiger partial charge on any atom is -0.370 e. The molecule has 1 aromatic rings. The van der Waals surface area contributed by atoms with Crippen molar-refractivity contribution in [3.63, 3.8) is 0 Å². The average Bonchev–Trinajstić information content (AvgIpc) is 2.25. The third-order valence-corrected chi connectivity index (χ3v) is 3.41. The summed E-state index contributed by atoms with van der Waals surface area (Å²) < 4.78 is 0. The van der Waals surface area contributed by atoms with Gasteiger partial charge in [-0.15, -0.1) is 0 Å². The molecule has 0 atom stereocenters. The summed E-state index contributed by atoms with van der Waals surface area (Å²) in [5, 5.41) is 6.75. The van der Waals surface area contributed by atoms with Gasteiger partial charge in [-0.25, -0.2) is 9.97 Å². The number of aromatic nitrogens is 2. The molecule has 4 heteroatoms. The van der Waals surface area contributed by atoms with Gasteiger partial charge in [-0.3, -0.25) is 0 Å². The molecule has 0 unspecified atom stereocenters. The number of hydrogen-bond donors (Lipinski definition) is 2. The zero-order valence-electron chi connectivity index (χ0n) is 10.1. The third-order valence-electron chi connectivity index (χ3n) is 3.41. The highest BCUT2D eigenvalue weighted by Crippen LogP contribution is 2.37. The molecular formula is C12H20N4. The first-order valence-corrected chi connectivity index (χ1v) is 6.12. The molecule has 1 saturated carbocycles. The monoisotopic (exact) mass is 220 g/mol. The van der Waals surface area contributed by atoms with E-state index in [1.54, 1.807) is 6.33 Å². The Morgan fingerprint density at radius 1 is 1.25 bits per heavy atom. The minimum absolute atomic E-state index is 0.290. The van der Waals surface area contributed by atoms with Gasteiger partial charge in [-0.2, -0.15) is 0 Å². The summed E-state index contributed by atoms with van der Waals surface area (Å²) in [6.07, 6.45) is 6.61. The summed E-state index contributed by atoms with van der Waals surface area (Å²) >= 11 is 0. The van der Waals surface area contributed by atoms with E-state index in [1.807, 2.05) is 6.07 Å². The molecule has 1 fully saturated rings. The largest absolute Gasteiger partial charge is 0.370 e. The molecule has 0 amide bonds. The van der Waals surface area contributed by atoms with Crippen molar-refractivity contribution in [2.24, 2.45) is 0 Å². The van der Waals surface area contributed by atoms with Gasteiger partial charge in [0.05, 0.1) is 0 Å². The fourth-order valence-electron chi connectivity index (χ4n) is 2.15. The standard InChI is InChI=1S/C12H20N4/c1-3-12(6-5-7-12)16-11-8-10(13-4-2)14-9-15-11/h8-9H,3-7H2,1-2H3,(H2,13,14,15,16). The van der Waals surface area contributed by atoms with E-state index in [0.717, 1.165) is 24.6 Å². The molecule has 0 bridgehead atoms. The zero-order valence-corrected chi connectivity index (χ0v) is 10.1. The minimum atomic E-state index is 0.290. The number of hydrogen-bond acceptors (Lipinski definition) is 4. The summed E-state index contributed by atoms with van der Waals surface area (Å²) in [5.74, 6) is 1.83. The first kappa shape index (κ1) is 11.2. The quantitative estimate of drug-likeness (QED) is 0.801. The second-order valence-corrected chi connectivity index (χ2v) is 4.43. The van der Waals surface area contributed by atoms with Crippen LogP contribution >= 0.6 is 0 Å². The Kier molecular flexibility index (Phi) is 3.27. The number of nitrogens with zero attached hydrogens (tertiary/aromatic N) is 2. The molecule has 1 heterocycles. The topological polar surface area (TPSA) is 49.8 Å². The molecule has 0 saturated heterocycles. The molecule has 4 nitrogen and oxygen atoms in total. The Hall–Kier alpha value is -1.32. The van der Waals surface area contributed by atoms with Crippen molar-refractivity contribution in [3.05, 3.63) is 12.4 Å². The fourth-order valence-corrected chi connectivity index (χ4v) is 2.15. The molecule has 16 heavy (non-hydrogen) atoms. The molecule has 0 aliphatic heterocycles. The van der Waals surface area contributed by atoms with Gasteiger partial charge in [0.2, 0.25) is 0 Å².